The number of hydrogen-bond donors (Lipinski definition) is 0. The lowest BCUT2D eigenvalue weighted by molar-refractivity contribution is -1.14. The molecule has 1 aliphatic rings. The van der Waals surface area contributed by atoms with Crippen LogP contribution in [-0.2, 0) is 18.3 Å². The third-order valence-corrected chi connectivity index (χ3v) is 2.67. The average molecular weight is 177 g/mol. The van der Waals surface area contributed by atoms with Gasteiger partial charge in [-0.25, -0.2) is 0 Å². The van der Waals surface area contributed by atoms with Crippen LogP contribution >= 0.6 is 0 Å². The van der Waals surface area contributed by atoms with Crippen molar-refractivity contribution >= 4 is 0 Å². The molecule has 2 nitrogen and oxygen atoms in total. The number of nitrogens with zero attached hydrogens (tertiary/aromatic N) is 1. The first-order chi connectivity index (χ1) is 6.23. The molecule has 0 spiro atoms. The first-order valence-corrected chi connectivity index (χ1v) is 4.87. The van der Waals surface area contributed by atoms with Gasteiger partial charge in [-0.1, -0.05) is 31.2 Å². The quantitative estimate of drug-likeness (QED) is 0.618. The zero-order valence-electron chi connectivity index (χ0n) is 7.99. The van der Waals surface area contributed by atoms with Crippen LogP contribution in [0.15, 0.2) is 24.3 Å². The predicted molar refractivity (Wildman–Crippen MR) is 50.0 cm³/mol. The highest BCUT2D eigenvalue weighted by molar-refractivity contribution is 5.27. The van der Waals surface area contributed by atoms with E-state index in [-0.39, 0.29) is 4.65 Å². The van der Waals surface area contributed by atoms with Crippen LogP contribution in [0.25, 0.3) is 0 Å². The summed E-state index contributed by atoms with van der Waals surface area (Å²) in [6, 6.07) is 8.17. The number of rotatable bonds is 2. The molecule has 1 aromatic carbocycles. The fraction of sp³-hybridized carbons (Fsp3) is 0.455. The molecule has 0 saturated carbocycles. The van der Waals surface area contributed by atoms with Crippen molar-refractivity contribution < 1.29 is 9.85 Å². The van der Waals surface area contributed by atoms with E-state index in [9.17, 15) is 5.21 Å². The first kappa shape index (κ1) is 8.73. The van der Waals surface area contributed by atoms with Crippen LogP contribution in [0, 0.1) is 0 Å². The fourth-order valence-electron chi connectivity index (χ4n) is 2.11. The zero-order chi connectivity index (χ0) is 9.31. The zero-order valence-corrected chi connectivity index (χ0v) is 7.99. The van der Waals surface area contributed by atoms with E-state index in [1.807, 2.05) is 12.1 Å². The molecule has 0 aromatic heterocycles. The molecule has 0 aliphatic carbocycles. The molecule has 13 heavy (non-hydrogen) atoms. The summed E-state index contributed by atoms with van der Waals surface area (Å²) in [5.41, 5.74) is 2.48. The Kier molecular flexibility index (Phi) is 2.10. The average Bonchev–Trinajstić information content (AvgIpc) is 2.40. The molecule has 0 amide bonds. The number of hydroxylamine groups is 3. The minimum absolute atomic E-state index is 0.0458. The van der Waals surface area contributed by atoms with Gasteiger partial charge < -0.3 is 0 Å². The molecule has 2 rings (SSSR count). The van der Waals surface area contributed by atoms with E-state index in [1.54, 1.807) is 0 Å². The summed E-state index contributed by atoms with van der Waals surface area (Å²) < 4.78 is -0.0458. The summed E-state index contributed by atoms with van der Waals surface area (Å²) in [5, 5.41) is 12.1. The van der Waals surface area contributed by atoms with Crippen molar-refractivity contribution in [1.82, 2.24) is 0 Å². The maximum atomic E-state index is 12.1. The topological polar surface area (TPSA) is 19.9 Å². The minimum Gasteiger partial charge on any atom is -0.134 e. The van der Waals surface area contributed by atoms with Gasteiger partial charge in [0.05, 0.1) is 0 Å². The Bertz CT molecular complexity index is 284. The molecule has 1 radical (unpaired) electrons. The molecule has 2 heteroatoms. The van der Waals surface area contributed by atoms with Crippen LogP contribution in [0.2, 0.25) is 0 Å². The Morgan fingerprint density at radius 2 is 1.77 bits per heavy atom. The Hall–Kier alpha value is -0.860. The Morgan fingerprint density at radius 3 is 2.23 bits per heavy atom. The van der Waals surface area contributed by atoms with Crippen molar-refractivity contribution in [2.75, 3.05) is 6.54 Å². The molecule has 0 bridgehead atoms. The molecule has 0 unspecified atom stereocenters. The molecule has 1 aliphatic heterocycles. The van der Waals surface area contributed by atoms with E-state index in [0.29, 0.717) is 13.1 Å². The maximum absolute atomic E-state index is 12.1. The van der Waals surface area contributed by atoms with Crippen molar-refractivity contribution in [3.05, 3.63) is 35.4 Å². The summed E-state index contributed by atoms with van der Waals surface area (Å²) in [4.78, 5) is 0. The van der Waals surface area contributed by atoms with Crippen molar-refractivity contribution in [3.8, 4) is 0 Å². The number of quaternary nitrogens is 1. The second kappa shape index (κ2) is 3.13. The molecular weight excluding hydrogens is 162 g/mol. The maximum Gasteiger partial charge on any atom is 0.138 e. The lowest BCUT2D eigenvalue weighted by Gasteiger charge is -2.19. The van der Waals surface area contributed by atoms with Gasteiger partial charge in [0, 0.05) is 16.3 Å². The van der Waals surface area contributed by atoms with Gasteiger partial charge in [0.1, 0.15) is 19.6 Å². The summed E-state index contributed by atoms with van der Waals surface area (Å²) >= 11 is 0. The van der Waals surface area contributed by atoms with Gasteiger partial charge in [-0.05, 0) is 6.42 Å². The fourth-order valence-corrected chi connectivity index (χ4v) is 2.11. The normalized spacial score (nSPS) is 18.6. The monoisotopic (exact) mass is 177 g/mol. The van der Waals surface area contributed by atoms with Crippen LogP contribution in [0.5, 0.6) is 0 Å². The third kappa shape index (κ3) is 1.60. The second-order valence-corrected chi connectivity index (χ2v) is 3.87. The molecule has 0 fully saturated rings. The number of hydrogen-bond acceptors (Lipinski definition) is 0. The molecule has 0 N–H and O–H groups in total. The standard InChI is InChI=1S/C11H15NO/c1-2-7-12(13)8-10-5-3-4-6-11(10)9-12/h3-6H,2,7-9H2,1H3/q+1. The van der Waals surface area contributed by atoms with Crippen molar-refractivity contribution in [1.29, 1.82) is 0 Å². The third-order valence-electron chi connectivity index (χ3n) is 2.67. The van der Waals surface area contributed by atoms with Gasteiger partial charge in [-0.15, -0.1) is 4.65 Å². The lowest BCUT2D eigenvalue weighted by Crippen LogP contribution is -2.37. The lowest BCUT2D eigenvalue weighted by atomic mass is 10.1. The molecule has 1 heterocycles. The van der Waals surface area contributed by atoms with E-state index < -0.39 is 0 Å². The minimum atomic E-state index is -0.0458. The van der Waals surface area contributed by atoms with Crippen LogP contribution < -0.4 is 0 Å². The van der Waals surface area contributed by atoms with Crippen LogP contribution in [0.3, 0.4) is 0 Å². The second-order valence-electron chi connectivity index (χ2n) is 3.87. The van der Waals surface area contributed by atoms with Crippen LogP contribution in [0.1, 0.15) is 24.5 Å². The SMILES string of the molecule is CCC[N+]1([O])Cc2ccccc2C1. The molecule has 0 atom stereocenters. The summed E-state index contributed by atoms with van der Waals surface area (Å²) in [7, 11) is 0. The van der Waals surface area contributed by atoms with Crippen molar-refractivity contribution in [2.24, 2.45) is 0 Å². The van der Waals surface area contributed by atoms with Gasteiger partial charge >= 0.3 is 0 Å². The van der Waals surface area contributed by atoms with Gasteiger partial charge in [0.2, 0.25) is 0 Å². The van der Waals surface area contributed by atoms with Crippen LogP contribution in [0.4, 0.5) is 0 Å². The Labute approximate surface area is 79.0 Å². The highest BCUT2D eigenvalue weighted by Gasteiger charge is 2.35. The molecule has 69 valence electrons. The van der Waals surface area contributed by atoms with Crippen LogP contribution in [-0.4, -0.2) is 11.2 Å². The Morgan fingerprint density at radius 1 is 1.23 bits per heavy atom. The van der Waals surface area contributed by atoms with Gasteiger partial charge in [0.15, 0.2) is 0 Å². The van der Waals surface area contributed by atoms with E-state index in [4.69, 9.17) is 0 Å². The van der Waals surface area contributed by atoms with E-state index in [0.717, 1.165) is 13.0 Å². The number of benzene rings is 1. The highest BCUT2D eigenvalue weighted by atomic mass is 16.5. The van der Waals surface area contributed by atoms with Crippen molar-refractivity contribution in [3.63, 3.8) is 0 Å². The summed E-state index contributed by atoms with van der Waals surface area (Å²) in [5.74, 6) is 0. The van der Waals surface area contributed by atoms with Gasteiger partial charge in [-0.3, -0.25) is 0 Å². The van der Waals surface area contributed by atoms with Gasteiger partial charge in [-0.2, -0.15) is 0 Å². The first-order valence-electron chi connectivity index (χ1n) is 4.87. The molecule has 1 aromatic rings. The van der Waals surface area contributed by atoms with Crippen molar-refractivity contribution in [2.45, 2.75) is 26.4 Å². The molecule has 0 saturated heterocycles. The molecular formula is C11H15NO+. The van der Waals surface area contributed by atoms with Gasteiger partial charge in [0.25, 0.3) is 0 Å². The van der Waals surface area contributed by atoms with E-state index >= 15 is 0 Å². The summed E-state index contributed by atoms with van der Waals surface area (Å²) in [6.07, 6.45) is 0.970. The predicted octanol–water partition coefficient (Wildman–Crippen LogP) is 2.27. The van der Waals surface area contributed by atoms with E-state index in [2.05, 4.69) is 19.1 Å². The summed E-state index contributed by atoms with van der Waals surface area (Å²) in [6.45, 7) is 4.16. The largest absolute Gasteiger partial charge is 0.138 e. The number of fused-ring (bicyclic) bond motifs is 1. The highest BCUT2D eigenvalue weighted by Crippen LogP contribution is 2.28. The smallest absolute Gasteiger partial charge is 0.134 e. The van der Waals surface area contributed by atoms with E-state index in [1.165, 1.54) is 11.1 Å². The Balaban J connectivity index is 2.21.